The quantitative estimate of drug-likeness (QED) is 0.336. The Morgan fingerprint density at radius 1 is 1.26 bits per heavy atom. The van der Waals surface area contributed by atoms with Gasteiger partial charge in [-0.3, -0.25) is 4.99 Å². The summed E-state index contributed by atoms with van der Waals surface area (Å²) in [5, 5.41) is 7.59. The molecular formula is C24H40N4O3. The van der Waals surface area contributed by atoms with Crippen molar-refractivity contribution in [2.24, 2.45) is 10.9 Å². The molecule has 0 saturated carbocycles. The Morgan fingerprint density at radius 3 is 2.74 bits per heavy atom. The molecule has 2 unspecified atom stereocenters. The average Bonchev–Trinajstić information content (AvgIpc) is 3.27. The summed E-state index contributed by atoms with van der Waals surface area (Å²) in [7, 11) is 3.58. The number of rotatable bonds is 10. The SMILES string of the molecule is CN=C(NCC1(NC(C)c2ccccc2)CCOCC1)N1CCC(COCCOC)C1. The summed E-state index contributed by atoms with van der Waals surface area (Å²) in [4.78, 5) is 6.94. The maximum atomic E-state index is 5.74. The number of hydrogen-bond donors (Lipinski definition) is 2. The zero-order valence-corrected chi connectivity index (χ0v) is 19.4. The zero-order chi connectivity index (χ0) is 21.9. The minimum atomic E-state index is -0.00810. The molecule has 2 saturated heterocycles. The van der Waals surface area contributed by atoms with Gasteiger partial charge in [-0.05, 0) is 31.7 Å². The molecule has 0 bridgehead atoms. The van der Waals surface area contributed by atoms with Crippen LogP contribution in [0.15, 0.2) is 35.3 Å². The van der Waals surface area contributed by atoms with Crippen LogP contribution in [-0.2, 0) is 14.2 Å². The minimum absolute atomic E-state index is 0.00810. The topological polar surface area (TPSA) is 67.4 Å². The Hall–Kier alpha value is -1.67. The van der Waals surface area contributed by atoms with Crippen LogP contribution >= 0.6 is 0 Å². The Morgan fingerprint density at radius 2 is 2.03 bits per heavy atom. The molecule has 2 aliphatic rings. The van der Waals surface area contributed by atoms with Crippen molar-refractivity contribution in [1.29, 1.82) is 0 Å². The summed E-state index contributed by atoms with van der Waals surface area (Å²) >= 11 is 0. The normalized spacial score (nSPS) is 22.5. The first-order valence-corrected chi connectivity index (χ1v) is 11.6. The summed E-state index contributed by atoms with van der Waals surface area (Å²) in [6, 6.07) is 10.9. The van der Waals surface area contributed by atoms with Crippen LogP contribution in [0.1, 0.15) is 37.8 Å². The van der Waals surface area contributed by atoms with Crippen molar-refractivity contribution in [3.8, 4) is 0 Å². The maximum Gasteiger partial charge on any atom is 0.193 e. The van der Waals surface area contributed by atoms with E-state index in [0.29, 0.717) is 19.1 Å². The van der Waals surface area contributed by atoms with Gasteiger partial charge in [0.25, 0.3) is 0 Å². The summed E-state index contributed by atoms with van der Waals surface area (Å²) in [6.07, 6.45) is 3.12. The second kappa shape index (κ2) is 12.4. The van der Waals surface area contributed by atoms with E-state index < -0.39 is 0 Å². The molecule has 7 nitrogen and oxygen atoms in total. The fourth-order valence-electron chi connectivity index (χ4n) is 4.55. The number of methoxy groups -OCH3 is 1. The van der Waals surface area contributed by atoms with Crippen LogP contribution in [0.25, 0.3) is 0 Å². The van der Waals surface area contributed by atoms with Crippen LogP contribution in [0.2, 0.25) is 0 Å². The molecule has 0 amide bonds. The van der Waals surface area contributed by atoms with Gasteiger partial charge in [0.1, 0.15) is 0 Å². The molecule has 7 heteroatoms. The first-order valence-electron chi connectivity index (χ1n) is 11.6. The van der Waals surface area contributed by atoms with Crippen molar-refractivity contribution >= 4 is 5.96 Å². The van der Waals surface area contributed by atoms with E-state index in [1.807, 2.05) is 7.05 Å². The van der Waals surface area contributed by atoms with Crippen molar-refractivity contribution in [2.75, 3.05) is 66.8 Å². The van der Waals surface area contributed by atoms with Crippen LogP contribution in [0.4, 0.5) is 0 Å². The molecule has 31 heavy (non-hydrogen) atoms. The van der Waals surface area contributed by atoms with Crippen LogP contribution in [-0.4, -0.2) is 83.2 Å². The van der Waals surface area contributed by atoms with E-state index in [2.05, 4.69) is 57.8 Å². The number of aliphatic imine (C=N–C) groups is 1. The van der Waals surface area contributed by atoms with Crippen molar-refractivity contribution in [2.45, 2.75) is 37.8 Å². The molecule has 0 aromatic heterocycles. The number of benzene rings is 1. The second-order valence-electron chi connectivity index (χ2n) is 8.74. The Kier molecular flexibility index (Phi) is 9.58. The molecule has 2 N–H and O–H groups in total. The third-order valence-electron chi connectivity index (χ3n) is 6.44. The van der Waals surface area contributed by atoms with E-state index in [4.69, 9.17) is 14.2 Å². The van der Waals surface area contributed by atoms with Crippen molar-refractivity contribution in [1.82, 2.24) is 15.5 Å². The molecule has 1 aromatic rings. The van der Waals surface area contributed by atoms with Gasteiger partial charge >= 0.3 is 0 Å². The minimum Gasteiger partial charge on any atom is -0.382 e. The molecule has 0 spiro atoms. The lowest BCUT2D eigenvalue weighted by Gasteiger charge is -2.41. The molecule has 0 radical (unpaired) electrons. The largest absolute Gasteiger partial charge is 0.382 e. The average molecular weight is 433 g/mol. The van der Waals surface area contributed by atoms with E-state index >= 15 is 0 Å². The third-order valence-corrected chi connectivity index (χ3v) is 6.44. The molecule has 2 fully saturated rings. The number of nitrogens with zero attached hydrogens (tertiary/aromatic N) is 2. The Labute approximate surface area is 187 Å². The molecule has 2 heterocycles. The van der Waals surface area contributed by atoms with Gasteiger partial charge in [0.2, 0.25) is 0 Å². The van der Waals surface area contributed by atoms with E-state index in [1.165, 1.54) is 5.56 Å². The van der Waals surface area contributed by atoms with Crippen LogP contribution in [0.3, 0.4) is 0 Å². The lowest BCUT2D eigenvalue weighted by molar-refractivity contribution is 0.0352. The first kappa shape index (κ1) is 24.0. The number of ether oxygens (including phenoxy) is 3. The Bertz CT molecular complexity index is 664. The van der Waals surface area contributed by atoms with Gasteiger partial charge in [-0.1, -0.05) is 30.3 Å². The third kappa shape index (κ3) is 7.17. The predicted octanol–water partition coefficient (Wildman–Crippen LogP) is 2.45. The number of likely N-dealkylation sites (tertiary alicyclic amines) is 1. The molecular weight excluding hydrogens is 392 g/mol. The summed E-state index contributed by atoms with van der Waals surface area (Å²) in [5.41, 5.74) is 1.31. The van der Waals surface area contributed by atoms with Gasteiger partial charge < -0.3 is 29.7 Å². The van der Waals surface area contributed by atoms with Gasteiger partial charge in [0.05, 0.1) is 19.8 Å². The molecule has 174 valence electrons. The monoisotopic (exact) mass is 432 g/mol. The second-order valence-corrected chi connectivity index (χ2v) is 8.74. The fourth-order valence-corrected chi connectivity index (χ4v) is 4.55. The highest BCUT2D eigenvalue weighted by Gasteiger charge is 2.35. The van der Waals surface area contributed by atoms with Gasteiger partial charge in [0.15, 0.2) is 5.96 Å². The summed E-state index contributed by atoms with van der Waals surface area (Å²) in [5.74, 6) is 1.53. The standard InChI is InChI=1S/C24H40N4O3/c1-20(22-7-5-4-6-8-22)27-24(10-13-30-14-11-24)19-26-23(25-2)28-12-9-21(17-28)18-31-16-15-29-3/h4-8,20-21,27H,9-19H2,1-3H3,(H,25,26). The molecule has 0 aliphatic carbocycles. The van der Waals surface area contributed by atoms with Crippen molar-refractivity contribution < 1.29 is 14.2 Å². The van der Waals surface area contributed by atoms with E-state index in [1.54, 1.807) is 7.11 Å². The molecule has 2 atom stereocenters. The van der Waals surface area contributed by atoms with E-state index in [9.17, 15) is 0 Å². The van der Waals surface area contributed by atoms with Crippen molar-refractivity contribution in [3.05, 3.63) is 35.9 Å². The molecule has 3 rings (SSSR count). The molecule has 2 aliphatic heterocycles. The highest BCUT2D eigenvalue weighted by Crippen LogP contribution is 2.25. The highest BCUT2D eigenvalue weighted by molar-refractivity contribution is 5.80. The zero-order valence-electron chi connectivity index (χ0n) is 19.4. The van der Waals surface area contributed by atoms with Crippen LogP contribution in [0.5, 0.6) is 0 Å². The van der Waals surface area contributed by atoms with Crippen LogP contribution in [0, 0.1) is 5.92 Å². The Balaban J connectivity index is 1.54. The molecule has 1 aromatic carbocycles. The lowest BCUT2D eigenvalue weighted by Crippen LogP contribution is -2.58. The summed E-state index contributed by atoms with van der Waals surface area (Å²) in [6.45, 7) is 8.77. The smallest absolute Gasteiger partial charge is 0.193 e. The van der Waals surface area contributed by atoms with Gasteiger partial charge in [-0.25, -0.2) is 0 Å². The number of hydrogen-bond acceptors (Lipinski definition) is 5. The maximum absolute atomic E-state index is 5.74. The highest BCUT2D eigenvalue weighted by atomic mass is 16.5. The summed E-state index contributed by atoms with van der Waals surface area (Å²) < 4.78 is 16.5. The lowest BCUT2D eigenvalue weighted by atomic mass is 9.88. The fraction of sp³-hybridized carbons (Fsp3) is 0.708. The predicted molar refractivity (Wildman–Crippen MR) is 125 cm³/mol. The van der Waals surface area contributed by atoms with E-state index in [-0.39, 0.29) is 11.6 Å². The number of guanidine groups is 1. The number of nitrogens with one attached hydrogen (secondary N) is 2. The van der Waals surface area contributed by atoms with Gasteiger partial charge in [-0.15, -0.1) is 0 Å². The first-order chi connectivity index (χ1) is 15.2. The van der Waals surface area contributed by atoms with Gasteiger partial charge in [-0.2, -0.15) is 0 Å². The van der Waals surface area contributed by atoms with Gasteiger partial charge in [0, 0.05) is 64.5 Å². The van der Waals surface area contributed by atoms with Crippen molar-refractivity contribution in [3.63, 3.8) is 0 Å². The van der Waals surface area contributed by atoms with Crippen LogP contribution < -0.4 is 10.6 Å². The van der Waals surface area contributed by atoms with E-state index in [0.717, 1.165) is 64.7 Å².